The molecule has 0 radical (unpaired) electrons. The molecule has 0 aromatic heterocycles. The number of hydrogen-bond acceptors (Lipinski definition) is 3. The Kier molecular flexibility index (Phi) is 7.32. The molecule has 0 aromatic carbocycles. The SMILES string of the molecule is CCNCCCCCCN1CC2CCCCN2CC1C. The lowest BCUT2D eigenvalue weighted by Gasteiger charge is -2.47. The van der Waals surface area contributed by atoms with E-state index in [-0.39, 0.29) is 0 Å². The smallest absolute Gasteiger partial charge is 0.0223 e. The first-order valence-corrected chi connectivity index (χ1v) is 9.00. The molecule has 2 atom stereocenters. The fourth-order valence-corrected chi connectivity index (χ4v) is 3.82. The molecule has 0 amide bonds. The molecule has 2 aliphatic rings. The number of rotatable bonds is 8. The zero-order valence-corrected chi connectivity index (χ0v) is 13.7. The van der Waals surface area contributed by atoms with Crippen LogP contribution in [0.3, 0.4) is 0 Å². The molecular formula is C17H35N3. The molecule has 2 unspecified atom stereocenters. The number of fused-ring (bicyclic) bond motifs is 1. The van der Waals surface area contributed by atoms with Crippen LogP contribution in [0.25, 0.3) is 0 Å². The summed E-state index contributed by atoms with van der Waals surface area (Å²) >= 11 is 0. The van der Waals surface area contributed by atoms with Crippen LogP contribution >= 0.6 is 0 Å². The van der Waals surface area contributed by atoms with Gasteiger partial charge >= 0.3 is 0 Å². The minimum Gasteiger partial charge on any atom is -0.317 e. The summed E-state index contributed by atoms with van der Waals surface area (Å²) < 4.78 is 0. The van der Waals surface area contributed by atoms with Crippen LogP contribution in [0.5, 0.6) is 0 Å². The van der Waals surface area contributed by atoms with Crippen LogP contribution < -0.4 is 5.32 Å². The molecule has 1 N–H and O–H groups in total. The Labute approximate surface area is 126 Å². The second-order valence-corrected chi connectivity index (χ2v) is 6.76. The van der Waals surface area contributed by atoms with Gasteiger partial charge in [0.25, 0.3) is 0 Å². The highest BCUT2D eigenvalue weighted by Crippen LogP contribution is 2.24. The maximum Gasteiger partial charge on any atom is 0.0223 e. The molecule has 0 aromatic rings. The second kappa shape index (κ2) is 9.01. The van der Waals surface area contributed by atoms with E-state index >= 15 is 0 Å². The maximum absolute atomic E-state index is 3.41. The number of unbranched alkanes of at least 4 members (excludes halogenated alkanes) is 3. The fourth-order valence-electron chi connectivity index (χ4n) is 3.82. The molecule has 0 bridgehead atoms. The minimum atomic E-state index is 0.770. The Morgan fingerprint density at radius 3 is 2.75 bits per heavy atom. The van der Waals surface area contributed by atoms with Crippen LogP contribution in [0, 0.1) is 0 Å². The lowest BCUT2D eigenvalue weighted by atomic mass is 9.97. The summed E-state index contributed by atoms with van der Waals surface area (Å²) in [6.45, 7) is 12.3. The highest BCUT2D eigenvalue weighted by molar-refractivity contribution is 4.88. The van der Waals surface area contributed by atoms with E-state index < -0.39 is 0 Å². The molecule has 118 valence electrons. The fraction of sp³-hybridized carbons (Fsp3) is 1.00. The largest absolute Gasteiger partial charge is 0.317 e. The molecule has 2 saturated heterocycles. The van der Waals surface area contributed by atoms with E-state index in [4.69, 9.17) is 0 Å². The van der Waals surface area contributed by atoms with E-state index in [1.165, 1.54) is 77.7 Å². The molecule has 2 heterocycles. The summed E-state index contributed by atoms with van der Waals surface area (Å²) in [5.74, 6) is 0. The first-order chi connectivity index (χ1) is 9.81. The first-order valence-electron chi connectivity index (χ1n) is 9.00. The molecule has 0 aliphatic carbocycles. The van der Waals surface area contributed by atoms with Gasteiger partial charge in [-0.05, 0) is 58.8 Å². The number of hydrogen-bond donors (Lipinski definition) is 1. The predicted molar refractivity (Wildman–Crippen MR) is 87.3 cm³/mol. The molecule has 2 fully saturated rings. The van der Waals surface area contributed by atoms with Gasteiger partial charge in [-0.3, -0.25) is 9.80 Å². The third-order valence-corrected chi connectivity index (χ3v) is 5.12. The number of nitrogens with zero attached hydrogens (tertiary/aromatic N) is 2. The maximum atomic E-state index is 3.41. The van der Waals surface area contributed by atoms with Crippen molar-refractivity contribution >= 4 is 0 Å². The van der Waals surface area contributed by atoms with Gasteiger partial charge in [0.05, 0.1) is 0 Å². The van der Waals surface area contributed by atoms with E-state index in [0.717, 1.165) is 18.6 Å². The summed E-state index contributed by atoms with van der Waals surface area (Å²) in [5, 5.41) is 3.41. The predicted octanol–water partition coefficient (Wildman–Crippen LogP) is 2.71. The van der Waals surface area contributed by atoms with Crippen molar-refractivity contribution < 1.29 is 0 Å². The van der Waals surface area contributed by atoms with Crippen molar-refractivity contribution in [1.82, 2.24) is 15.1 Å². The lowest BCUT2D eigenvalue weighted by Crippen LogP contribution is -2.58. The van der Waals surface area contributed by atoms with Crippen molar-refractivity contribution in [3.63, 3.8) is 0 Å². The Hall–Kier alpha value is -0.120. The van der Waals surface area contributed by atoms with Gasteiger partial charge in [0.15, 0.2) is 0 Å². The summed E-state index contributed by atoms with van der Waals surface area (Å²) in [6.07, 6.45) is 9.85. The van der Waals surface area contributed by atoms with Crippen LogP contribution in [-0.2, 0) is 0 Å². The summed E-state index contributed by atoms with van der Waals surface area (Å²) in [7, 11) is 0. The van der Waals surface area contributed by atoms with Crippen LogP contribution in [0.4, 0.5) is 0 Å². The van der Waals surface area contributed by atoms with Crippen LogP contribution in [0.15, 0.2) is 0 Å². The average molecular weight is 281 g/mol. The molecule has 3 nitrogen and oxygen atoms in total. The zero-order chi connectivity index (χ0) is 14.2. The van der Waals surface area contributed by atoms with Gasteiger partial charge in [-0.15, -0.1) is 0 Å². The van der Waals surface area contributed by atoms with Gasteiger partial charge in [-0.25, -0.2) is 0 Å². The number of piperazine rings is 1. The Balaban J connectivity index is 1.58. The molecule has 2 rings (SSSR count). The monoisotopic (exact) mass is 281 g/mol. The highest BCUT2D eigenvalue weighted by atomic mass is 15.3. The molecule has 20 heavy (non-hydrogen) atoms. The van der Waals surface area contributed by atoms with E-state index in [2.05, 4.69) is 29.0 Å². The van der Waals surface area contributed by atoms with Gasteiger partial charge in [0.2, 0.25) is 0 Å². The average Bonchev–Trinajstić information content (AvgIpc) is 2.46. The van der Waals surface area contributed by atoms with Gasteiger partial charge < -0.3 is 5.32 Å². The standard InChI is InChI=1S/C17H35N3/c1-3-18-11-7-4-5-8-12-19-15-17-10-6-9-13-20(17)14-16(19)2/h16-18H,3-15H2,1-2H3. The van der Waals surface area contributed by atoms with Crippen molar-refractivity contribution in [2.24, 2.45) is 0 Å². The first kappa shape index (κ1) is 16.3. The minimum absolute atomic E-state index is 0.770. The molecule has 0 spiro atoms. The van der Waals surface area contributed by atoms with E-state index in [0.29, 0.717) is 0 Å². The third kappa shape index (κ3) is 5.01. The van der Waals surface area contributed by atoms with Gasteiger partial charge in [0, 0.05) is 25.2 Å². The molecule has 3 heteroatoms. The van der Waals surface area contributed by atoms with E-state index in [1.807, 2.05) is 0 Å². The molecular weight excluding hydrogens is 246 g/mol. The van der Waals surface area contributed by atoms with Crippen molar-refractivity contribution in [3.8, 4) is 0 Å². The highest BCUT2D eigenvalue weighted by Gasteiger charge is 2.32. The Morgan fingerprint density at radius 2 is 1.90 bits per heavy atom. The summed E-state index contributed by atoms with van der Waals surface area (Å²) in [4.78, 5) is 5.51. The zero-order valence-electron chi connectivity index (χ0n) is 13.7. The van der Waals surface area contributed by atoms with Crippen LogP contribution in [0.2, 0.25) is 0 Å². The van der Waals surface area contributed by atoms with Crippen molar-refractivity contribution in [2.75, 3.05) is 39.3 Å². The normalized spacial score (nSPS) is 28.5. The van der Waals surface area contributed by atoms with Crippen molar-refractivity contribution in [2.45, 2.75) is 70.9 Å². The summed E-state index contributed by atoms with van der Waals surface area (Å²) in [6, 6.07) is 1.64. The van der Waals surface area contributed by atoms with Gasteiger partial charge in [-0.2, -0.15) is 0 Å². The quantitative estimate of drug-likeness (QED) is 0.690. The number of nitrogens with one attached hydrogen (secondary N) is 1. The second-order valence-electron chi connectivity index (χ2n) is 6.76. The van der Waals surface area contributed by atoms with Crippen LogP contribution in [0.1, 0.15) is 58.8 Å². The summed E-state index contributed by atoms with van der Waals surface area (Å²) in [5.41, 5.74) is 0. The third-order valence-electron chi connectivity index (χ3n) is 5.12. The van der Waals surface area contributed by atoms with Gasteiger partial charge in [-0.1, -0.05) is 26.2 Å². The van der Waals surface area contributed by atoms with Crippen molar-refractivity contribution in [1.29, 1.82) is 0 Å². The van der Waals surface area contributed by atoms with E-state index in [1.54, 1.807) is 0 Å². The van der Waals surface area contributed by atoms with Gasteiger partial charge in [0.1, 0.15) is 0 Å². The Bertz CT molecular complexity index is 257. The molecule has 2 aliphatic heterocycles. The Morgan fingerprint density at radius 1 is 1.05 bits per heavy atom. The van der Waals surface area contributed by atoms with Crippen LogP contribution in [-0.4, -0.2) is 61.2 Å². The molecule has 0 saturated carbocycles. The van der Waals surface area contributed by atoms with E-state index in [9.17, 15) is 0 Å². The van der Waals surface area contributed by atoms with Crippen molar-refractivity contribution in [3.05, 3.63) is 0 Å². The number of piperidine rings is 1. The topological polar surface area (TPSA) is 18.5 Å². The lowest BCUT2D eigenvalue weighted by molar-refractivity contribution is 0.0146.